The summed E-state index contributed by atoms with van der Waals surface area (Å²) in [7, 11) is 0. The molecular formula is C11H19N3OS. The molecule has 0 saturated heterocycles. The van der Waals surface area contributed by atoms with Gasteiger partial charge < -0.3 is 16.2 Å². The van der Waals surface area contributed by atoms with E-state index in [0.29, 0.717) is 11.5 Å². The molecule has 1 heterocycles. The van der Waals surface area contributed by atoms with Gasteiger partial charge >= 0.3 is 0 Å². The first-order chi connectivity index (χ1) is 7.60. The molecule has 1 rings (SSSR count). The number of thioether (sulfide) groups is 1. The maximum atomic E-state index is 9.19. The lowest BCUT2D eigenvalue weighted by Crippen LogP contribution is -2.31. The molecule has 2 unspecified atom stereocenters. The van der Waals surface area contributed by atoms with Gasteiger partial charge in [-0.1, -0.05) is 0 Å². The number of nitrogens with zero attached hydrogens (tertiary/aromatic N) is 1. The summed E-state index contributed by atoms with van der Waals surface area (Å²) in [5.41, 5.74) is 7.60. The topological polar surface area (TPSA) is 71.2 Å². The van der Waals surface area contributed by atoms with Gasteiger partial charge in [-0.3, -0.25) is 0 Å². The van der Waals surface area contributed by atoms with Crippen LogP contribution in [0.2, 0.25) is 0 Å². The van der Waals surface area contributed by atoms with Crippen molar-refractivity contribution in [2.75, 3.05) is 23.9 Å². The number of pyridine rings is 1. The van der Waals surface area contributed by atoms with Gasteiger partial charge in [0, 0.05) is 17.5 Å². The van der Waals surface area contributed by atoms with E-state index in [9.17, 15) is 5.11 Å². The van der Waals surface area contributed by atoms with Crippen molar-refractivity contribution in [3.05, 3.63) is 17.8 Å². The van der Waals surface area contributed by atoms with Crippen LogP contribution in [0.4, 0.5) is 11.5 Å². The number of aliphatic hydroxyl groups excluding tert-OH is 1. The van der Waals surface area contributed by atoms with E-state index in [2.05, 4.69) is 10.3 Å². The monoisotopic (exact) mass is 241 g/mol. The van der Waals surface area contributed by atoms with Crippen molar-refractivity contribution < 1.29 is 5.11 Å². The normalized spacial score (nSPS) is 14.5. The van der Waals surface area contributed by atoms with Crippen molar-refractivity contribution in [2.24, 2.45) is 0 Å². The number of aromatic nitrogens is 1. The van der Waals surface area contributed by atoms with Crippen LogP contribution >= 0.6 is 11.8 Å². The lowest BCUT2D eigenvalue weighted by molar-refractivity contribution is 0.288. The van der Waals surface area contributed by atoms with Crippen molar-refractivity contribution in [2.45, 2.75) is 25.1 Å². The number of rotatable bonds is 5. The predicted molar refractivity (Wildman–Crippen MR) is 70.9 cm³/mol. The molecule has 0 saturated carbocycles. The fourth-order valence-corrected chi connectivity index (χ4v) is 2.06. The Morgan fingerprint density at radius 1 is 1.62 bits per heavy atom. The van der Waals surface area contributed by atoms with Gasteiger partial charge in [0.05, 0.1) is 12.3 Å². The van der Waals surface area contributed by atoms with Crippen molar-refractivity contribution in [1.29, 1.82) is 0 Å². The summed E-state index contributed by atoms with van der Waals surface area (Å²) in [5, 5.41) is 12.6. The number of aliphatic hydroxyl groups is 1. The van der Waals surface area contributed by atoms with Gasteiger partial charge in [0.15, 0.2) is 0 Å². The molecule has 0 aromatic carbocycles. The van der Waals surface area contributed by atoms with E-state index in [1.54, 1.807) is 18.0 Å². The van der Waals surface area contributed by atoms with E-state index in [0.717, 1.165) is 5.56 Å². The van der Waals surface area contributed by atoms with Gasteiger partial charge in [0.2, 0.25) is 0 Å². The number of aryl methyl sites for hydroxylation is 1. The average molecular weight is 241 g/mol. The fraction of sp³-hybridized carbons (Fsp3) is 0.545. The largest absolute Gasteiger partial charge is 0.396 e. The summed E-state index contributed by atoms with van der Waals surface area (Å²) in [5.74, 6) is 0.694. The highest BCUT2D eigenvalue weighted by molar-refractivity contribution is 7.99. The van der Waals surface area contributed by atoms with Crippen LogP contribution in [0.15, 0.2) is 12.3 Å². The first-order valence-electron chi connectivity index (χ1n) is 5.21. The third-order valence-electron chi connectivity index (χ3n) is 2.61. The number of hydrogen-bond donors (Lipinski definition) is 3. The van der Waals surface area contributed by atoms with E-state index in [-0.39, 0.29) is 17.9 Å². The van der Waals surface area contributed by atoms with Gasteiger partial charge in [0.1, 0.15) is 5.82 Å². The molecule has 2 atom stereocenters. The number of nitrogens with one attached hydrogen (secondary N) is 1. The fourth-order valence-electron chi connectivity index (χ4n) is 1.43. The van der Waals surface area contributed by atoms with Gasteiger partial charge in [-0.15, -0.1) is 0 Å². The standard InChI is InChI=1S/C11H19N3OS/c1-7-4-5-13-11(10(7)12)14-8(2)9(6-15)16-3/h4-5,8-9,15H,6,12H2,1-3H3,(H,13,14). The Labute approximate surface area is 101 Å². The molecule has 1 aromatic heterocycles. The first-order valence-corrected chi connectivity index (χ1v) is 6.50. The number of anilines is 2. The molecule has 0 fully saturated rings. The van der Waals surface area contributed by atoms with Crippen molar-refractivity contribution in [3.8, 4) is 0 Å². The van der Waals surface area contributed by atoms with Crippen molar-refractivity contribution in [3.63, 3.8) is 0 Å². The van der Waals surface area contributed by atoms with E-state index in [1.165, 1.54) is 0 Å². The highest BCUT2D eigenvalue weighted by Gasteiger charge is 2.16. The van der Waals surface area contributed by atoms with E-state index < -0.39 is 0 Å². The Morgan fingerprint density at radius 2 is 2.31 bits per heavy atom. The van der Waals surface area contributed by atoms with E-state index in [4.69, 9.17) is 5.73 Å². The van der Waals surface area contributed by atoms with Gasteiger partial charge in [0.25, 0.3) is 0 Å². The minimum Gasteiger partial charge on any atom is -0.396 e. The van der Waals surface area contributed by atoms with Gasteiger partial charge in [-0.25, -0.2) is 4.98 Å². The number of nitrogens with two attached hydrogens (primary N) is 1. The quantitative estimate of drug-likeness (QED) is 0.728. The second-order valence-electron chi connectivity index (χ2n) is 3.78. The van der Waals surface area contributed by atoms with E-state index >= 15 is 0 Å². The van der Waals surface area contributed by atoms with Gasteiger partial charge in [-0.05, 0) is 31.7 Å². The summed E-state index contributed by atoms with van der Waals surface area (Å²) in [6.45, 7) is 4.10. The summed E-state index contributed by atoms with van der Waals surface area (Å²) < 4.78 is 0. The lowest BCUT2D eigenvalue weighted by Gasteiger charge is -2.22. The molecule has 4 nitrogen and oxygen atoms in total. The molecule has 16 heavy (non-hydrogen) atoms. The zero-order chi connectivity index (χ0) is 12.1. The first kappa shape index (κ1) is 13.1. The molecule has 0 amide bonds. The van der Waals surface area contributed by atoms with Crippen LogP contribution in [0.3, 0.4) is 0 Å². The lowest BCUT2D eigenvalue weighted by atomic mass is 10.2. The molecule has 0 aliphatic heterocycles. The molecule has 90 valence electrons. The van der Waals surface area contributed by atoms with Crippen LogP contribution in [0.1, 0.15) is 12.5 Å². The third-order valence-corrected chi connectivity index (χ3v) is 3.78. The molecule has 0 aliphatic rings. The highest BCUT2D eigenvalue weighted by Crippen LogP contribution is 2.21. The minimum absolute atomic E-state index is 0.122. The smallest absolute Gasteiger partial charge is 0.149 e. The van der Waals surface area contributed by atoms with Crippen LogP contribution in [-0.4, -0.2) is 34.2 Å². The Bertz CT molecular complexity index is 342. The van der Waals surface area contributed by atoms with Gasteiger partial charge in [-0.2, -0.15) is 11.8 Å². The highest BCUT2D eigenvalue weighted by atomic mass is 32.2. The predicted octanol–water partition coefficient (Wildman–Crippen LogP) is 1.50. The molecule has 5 heteroatoms. The van der Waals surface area contributed by atoms with Crippen LogP contribution in [-0.2, 0) is 0 Å². The summed E-state index contributed by atoms with van der Waals surface area (Å²) >= 11 is 1.63. The Morgan fingerprint density at radius 3 is 2.88 bits per heavy atom. The number of nitrogen functional groups attached to an aromatic ring is 1. The molecule has 0 bridgehead atoms. The Kier molecular flexibility index (Phi) is 4.89. The van der Waals surface area contributed by atoms with Crippen molar-refractivity contribution >= 4 is 23.3 Å². The second kappa shape index (κ2) is 5.96. The SMILES string of the molecule is CSC(CO)C(C)Nc1nccc(C)c1N. The van der Waals surface area contributed by atoms with Crippen molar-refractivity contribution in [1.82, 2.24) is 4.98 Å². The Hall–Kier alpha value is -0.940. The maximum Gasteiger partial charge on any atom is 0.149 e. The van der Waals surface area contributed by atoms with Crippen LogP contribution in [0.25, 0.3) is 0 Å². The molecular weight excluding hydrogens is 222 g/mol. The molecule has 0 aliphatic carbocycles. The second-order valence-corrected chi connectivity index (χ2v) is 4.86. The van der Waals surface area contributed by atoms with Crippen LogP contribution in [0, 0.1) is 6.92 Å². The minimum atomic E-state index is 0.122. The van der Waals surface area contributed by atoms with Crippen LogP contribution < -0.4 is 11.1 Å². The zero-order valence-corrected chi connectivity index (χ0v) is 10.7. The molecule has 0 radical (unpaired) electrons. The summed E-state index contributed by atoms with van der Waals surface area (Å²) in [6, 6.07) is 2.00. The number of hydrogen-bond acceptors (Lipinski definition) is 5. The zero-order valence-electron chi connectivity index (χ0n) is 9.90. The van der Waals surface area contributed by atoms with Crippen LogP contribution in [0.5, 0.6) is 0 Å². The third kappa shape index (κ3) is 3.02. The average Bonchev–Trinajstić information content (AvgIpc) is 2.26. The summed E-state index contributed by atoms with van der Waals surface area (Å²) in [6.07, 6.45) is 3.71. The maximum absolute atomic E-state index is 9.19. The van der Waals surface area contributed by atoms with E-state index in [1.807, 2.05) is 26.2 Å². The Balaban J connectivity index is 2.76. The molecule has 4 N–H and O–H groups in total. The molecule has 0 spiro atoms. The summed E-state index contributed by atoms with van der Waals surface area (Å²) in [4.78, 5) is 4.20. The molecule has 1 aromatic rings.